The molecule has 8 amide bonds. The van der Waals surface area contributed by atoms with E-state index < -0.39 is 126 Å². The quantitative estimate of drug-likeness (QED) is 0.0560. The van der Waals surface area contributed by atoms with Gasteiger partial charge in [0.05, 0.1) is 6.04 Å². The molecule has 21 nitrogen and oxygen atoms in total. The minimum atomic E-state index is -1.40. The van der Waals surface area contributed by atoms with Crippen LogP contribution in [-0.2, 0) is 47.9 Å². The number of carbonyl (C=O) groups excluding carboxylic acids is 8. The third-order valence-electron chi connectivity index (χ3n) is 10.6. The highest BCUT2D eigenvalue weighted by atomic mass is 16.4. The average molecular weight is 866 g/mol. The number of hydrogen-bond donors (Lipinski definition) is 10. The van der Waals surface area contributed by atoms with Crippen molar-refractivity contribution in [2.75, 3.05) is 13.1 Å². The first-order valence-corrected chi connectivity index (χ1v) is 21.1. The molecule has 2 rings (SSSR count). The Morgan fingerprint density at radius 2 is 1.13 bits per heavy atom. The molecule has 2 fully saturated rings. The molecule has 0 aromatic rings. The first-order chi connectivity index (χ1) is 28.4. The first kappa shape index (κ1) is 51.8. The Kier molecular flexibility index (Phi) is 20.5. The van der Waals surface area contributed by atoms with Crippen LogP contribution in [0.5, 0.6) is 0 Å². The third kappa shape index (κ3) is 16.2. The maximum Gasteiger partial charge on any atom is 0.326 e. The summed E-state index contributed by atoms with van der Waals surface area (Å²) in [6.45, 7) is 15.2. The van der Waals surface area contributed by atoms with Crippen LogP contribution < -0.4 is 42.5 Å². The fourth-order valence-corrected chi connectivity index (χ4v) is 6.94. The normalized spacial score (nSPS) is 19.7. The standard InChI is InChI=1S/C40H67N9O12/c1-19(2)18-27(36(56)48-31(21(5)6)40(60)61)46-34(54)24(9)44-38(58)30(20(3)4)47-37(57)28-13-11-17-49(28)39(59)26(14-15-29(50)51)45-33(53)23(8)42-32(52)22(7)43-35(55)25-12-10-16-41-25/h19-28,30-31,41H,10-18H2,1-9H3,(H,42,52)(H,43,55)(H,44,58)(H,45,53)(H,46,54)(H,47,57)(H,48,56)(H,50,51)(H,60,61)/t22-,23-,24-,25-,26-,27-,28-,30-,31-/m0/s1. The highest BCUT2D eigenvalue weighted by molar-refractivity contribution is 5.98. The summed E-state index contributed by atoms with van der Waals surface area (Å²) in [7, 11) is 0. The van der Waals surface area contributed by atoms with Crippen LogP contribution in [0.1, 0.15) is 107 Å². The van der Waals surface area contributed by atoms with E-state index in [0.717, 1.165) is 6.42 Å². The lowest BCUT2D eigenvalue weighted by molar-refractivity contribution is -0.144. The number of nitrogens with one attached hydrogen (secondary N) is 8. The Morgan fingerprint density at radius 1 is 0.590 bits per heavy atom. The van der Waals surface area contributed by atoms with Gasteiger partial charge in [-0.3, -0.25) is 43.2 Å². The Hall–Kier alpha value is -5.34. The lowest BCUT2D eigenvalue weighted by atomic mass is 10.00. The van der Waals surface area contributed by atoms with E-state index in [0.29, 0.717) is 19.4 Å². The maximum absolute atomic E-state index is 13.9. The molecule has 2 aliphatic rings. The Morgan fingerprint density at radius 3 is 1.64 bits per heavy atom. The number of likely N-dealkylation sites (tertiary alicyclic amines) is 1. The van der Waals surface area contributed by atoms with Gasteiger partial charge in [-0.05, 0) is 83.6 Å². The van der Waals surface area contributed by atoms with Gasteiger partial charge < -0.3 is 57.6 Å². The lowest BCUT2D eigenvalue weighted by Gasteiger charge is -2.31. The van der Waals surface area contributed by atoms with Gasteiger partial charge in [-0.15, -0.1) is 0 Å². The highest BCUT2D eigenvalue weighted by Gasteiger charge is 2.40. The average Bonchev–Trinajstić information content (AvgIpc) is 3.90. The van der Waals surface area contributed by atoms with Crippen molar-refractivity contribution < 1.29 is 58.2 Å². The van der Waals surface area contributed by atoms with Gasteiger partial charge in [0.1, 0.15) is 48.3 Å². The summed E-state index contributed by atoms with van der Waals surface area (Å²) in [4.78, 5) is 130. The molecule has 0 spiro atoms. The van der Waals surface area contributed by atoms with Crippen molar-refractivity contribution in [3.8, 4) is 0 Å². The molecular weight excluding hydrogens is 798 g/mol. The van der Waals surface area contributed by atoms with Crippen molar-refractivity contribution in [1.82, 2.24) is 47.4 Å². The molecule has 0 radical (unpaired) electrons. The molecule has 2 heterocycles. The van der Waals surface area contributed by atoms with Crippen LogP contribution in [0.25, 0.3) is 0 Å². The Bertz CT molecular complexity index is 1620. The smallest absolute Gasteiger partial charge is 0.326 e. The van der Waals surface area contributed by atoms with Crippen molar-refractivity contribution in [2.24, 2.45) is 17.8 Å². The second-order valence-electron chi connectivity index (χ2n) is 17.0. The molecule has 10 N–H and O–H groups in total. The number of rotatable bonds is 23. The van der Waals surface area contributed by atoms with Gasteiger partial charge in [-0.2, -0.15) is 0 Å². The zero-order chi connectivity index (χ0) is 46.3. The van der Waals surface area contributed by atoms with Crippen molar-refractivity contribution in [1.29, 1.82) is 0 Å². The molecule has 0 saturated carbocycles. The number of hydrogen-bond acceptors (Lipinski definition) is 11. The van der Waals surface area contributed by atoms with E-state index in [1.54, 1.807) is 27.7 Å². The van der Waals surface area contributed by atoms with Crippen LogP contribution >= 0.6 is 0 Å². The topological polar surface area (TPSA) is 311 Å². The van der Waals surface area contributed by atoms with Gasteiger partial charge in [0.15, 0.2) is 0 Å². The zero-order valence-corrected chi connectivity index (χ0v) is 36.7. The molecule has 2 saturated heterocycles. The SMILES string of the molecule is CC(C)C[C@H](NC(=O)[C@H](C)NC(=O)[C@@H](NC(=O)[C@@H]1CCCN1C(=O)[C@H](CCC(=O)O)NC(=O)[C@H](C)NC(=O)[C@H](C)NC(=O)[C@@H]1CCCN1)C(C)C)C(=O)N[C@H](C(=O)O)C(C)C. The third-order valence-corrected chi connectivity index (χ3v) is 10.6. The van der Waals surface area contributed by atoms with E-state index in [1.165, 1.54) is 25.7 Å². The number of nitrogens with zero attached hydrogens (tertiary/aromatic N) is 1. The van der Waals surface area contributed by atoms with Crippen LogP contribution in [0, 0.1) is 17.8 Å². The summed E-state index contributed by atoms with van der Waals surface area (Å²) in [5.74, 6) is -8.89. The number of carboxylic acids is 2. The molecule has 0 aromatic heterocycles. The minimum absolute atomic E-state index is 0.0692. The number of carboxylic acid groups (broad SMARTS) is 2. The molecule has 0 aliphatic carbocycles. The van der Waals surface area contributed by atoms with Gasteiger partial charge >= 0.3 is 11.9 Å². The van der Waals surface area contributed by atoms with Crippen LogP contribution in [0.15, 0.2) is 0 Å². The summed E-state index contributed by atoms with van der Waals surface area (Å²) in [5.41, 5.74) is 0. The molecule has 61 heavy (non-hydrogen) atoms. The molecule has 0 unspecified atom stereocenters. The van der Waals surface area contributed by atoms with Gasteiger partial charge in [-0.1, -0.05) is 41.5 Å². The maximum atomic E-state index is 13.9. The predicted octanol–water partition coefficient (Wildman–Crippen LogP) is -1.51. The molecule has 0 aromatic carbocycles. The fourth-order valence-electron chi connectivity index (χ4n) is 6.94. The number of carbonyl (C=O) groups is 10. The van der Waals surface area contributed by atoms with E-state index in [1.807, 2.05) is 13.8 Å². The van der Waals surface area contributed by atoms with Crippen molar-refractivity contribution in [2.45, 2.75) is 162 Å². The predicted molar refractivity (Wildman–Crippen MR) is 220 cm³/mol. The van der Waals surface area contributed by atoms with Crippen LogP contribution in [0.2, 0.25) is 0 Å². The van der Waals surface area contributed by atoms with Crippen LogP contribution in [0.4, 0.5) is 0 Å². The summed E-state index contributed by atoms with van der Waals surface area (Å²) < 4.78 is 0. The molecular formula is C40H67N9O12. The molecule has 344 valence electrons. The number of amides is 8. The van der Waals surface area contributed by atoms with Crippen molar-refractivity contribution in [3.05, 3.63) is 0 Å². The van der Waals surface area contributed by atoms with Gasteiger partial charge in [-0.25, -0.2) is 4.79 Å². The lowest BCUT2D eigenvalue weighted by Crippen LogP contribution is -2.60. The van der Waals surface area contributed by atoms with E-state index >= 15 is 0 Å². The van der Waals surface area contributed by atoms with Crippen LogP contribution in [-0.4, -0.2) is 142 Å². The molecule has 0 bridgehead atoms. The van der Waals surface area contributed by atoms with Gasteiger partial charge in [0, 0.05) is 13.0 Å². The minimum Gasteiger partial charge on any atom is -0.481 e. The van der Waals surface area contributed by atoms with Crippen molar-refractivity contribution >= 4 is 59.2 Å². The fraction of sp³-hybridized carbons (Fsp3) is 0.750. The second-order valence-corrected chi connectivity index (χ2v) is 17.0. The molecule has 9 atom stereocenters. The van der Waals surface area contributed by atoms with Crippen molar-refractivity contribution in [3.63, 3.8) is 0 Å². The number of aliphatic carboxylic acids is 2. The largest absolute Gasteiger partial charge is 0.481 e. The molecule has 21 heteroatoms. The summed E-state index contributed by atoms with van der Waals surface area (Å²) in [5, 5.41) is 39.8. The monoisotopic (exact) mass is 865 g/mol. The van der Waals surface area contributed by atoms with E-state index in [9.17, 15) is 58.2 Å². The van der Waals surface area contributed by atoms with Gasteiger partial charge in [0.25, 0.3) is 0 Å². The first-order valence-electron chi connectivity index (χ1n) is 21.1. The summed E-state index contributed by atoms with van der Waals surface area (Å²) in [6.07, 6.45) is 1.35. The second kappa shape index (κ2) is 24.2. The highest BCUT2D eigenvalue weighted by Crippen LogP contribution is 2.21. The van der Waals surface area contributed by atoms with E-state index in [-0.39, 0.29) is 37.6 Å². The van der Waals surface area contributed by atoms with E-state index in [4.69, 9.17) is 0 Å². The van der Waals surface area contributed by atoms with Crippen LogP contribution in [0.3, 0.4) is 0 Å². The van der Waals surface area contributed by atoms with E-state index in [2.05, 4.69) is 42.5 Å². The Balaban J connectivity index is 2.12. The zero-order valence-electron chi connectivity index (χ0n) is 36.7. The summed E-state index contributed by atoms with van der Waals surface area (Å²) >= 11 is 0. The Labute approximate surface area is 356 Å². The van der Waals surface area contributed by atoms with Gasteiger partial charge in [0.2, 0.25) is 47.3 Å². The summed E-state index contributed by atoms with van der Waals surface area (Å²) in [6, 6.07) is -9.78. The molecule has 2 aliphatic heterocycles.